The minimum atomic E-state index is 0.165. The maximum Gasteiger partial charge on any atom is 0.221 e. The Morgan fingerprint density at radius 2 is 2.36 bits per heavy atom. The normalized spacial score (nSPS) is 20.4. The van der Waals surface area contributed by atoms with Crippen LogP contribution in [0.1, 0.15) is 32.1 Å². The summed E-state index contributed by atoms with van der Waals surface area (Å²) in [5.74, 6) is 1.24. The first-order valence-corrected chi connectivity index (χ1v) is 5.41. The molecule has 1 amide bonds. The van der Waals surface area contributed by atoms with E-state index in [1.54, 1.807) is 0 Å². The van der Waals surface area contributed by atoms with Gasteiger partial charge in [-0.05, 0) is 19.3 Å². The van der Waals surface area contributed by atoms with Crippen molar-refractivity contribution in [3.8, 4) is 0 Å². The Balaban J connectivity index is 1.54. The van der Waals surface area contributed by atoms with Gasteiger partial charge in [-0.1, -0.05) is 0 Å². The summed E-state index contributed by atoms with van der Waals surface area (Å²) in [6, 6.07) is 0.478. The van der Waals surface area contributed by atoms with E-state index in [4.69, 9.17) is 0 Å². The van der Waals surface area contributed by atoms with Crippen molar-refractivity contribution in [1.82, 2.24) is 10.6 Å². The molecule has 0 aromatic carbocycles. The molecule has 4 heteroatoms. The van der Waals surface area contributed by atoms with Gasteiger partial charge in [0.05, 0.1) is 5.84 Å². The van der Waals surface area contributed by atoms with Gasteiger partial charge in [0.2, 0.25) is 5.91 Å². The first-order chi connectivity index (χ1) is 6.84. The van der Waals surface area contributed by atoms with Gasteiger partial charge in [0.25, 0.3) is 0 Å². The lowest BCUT2D eigenvalue weighted by atomic mass is 10.3. The van der Waals surface area contributed by atoms with E-state index >= 15 is 0 Å². The third-order valence-electron chi connectivity index (χ3n) is 2.50. The van der Waals surface area contributed by atoms with Crippen molar-refractivity contribution in [3.05, 3.63) is 0 Å². The molecule has 1 saturated carbocycles. The second-order valence-electron chi connectivity index (χ2n) is 3.95. The van der Waals surface area contributed by atoms with Gasteiger partial charge in [-0.2, -0.15) is 0 Å². The predicted molar refractivity (Wildman–Crippen MR) is 55.3 cm³/mol. The maximum absolute atomic E-state index is 11.3. The Labute approximate surface area is 84.2 Å². The molecule has 0 spiro atoms. The van der Waals surface area contributed by atoms with Crippen molar-refractivity contribution in [3.63, 3.8) is 0 Å². The van der Waals surface area contributed by atoms with Crippen molar-refractivity contribution in [2.45, 2.75) is 38.1 Å². The summed E-state index contributed by atoms with van der Waals surface area (Å²) in [7, 11) is 0. The van der Waals surface area contributed by atoms with Crippen LogP contribution in [0.5, 0.6) is 0 Å². The highest BCUT2D eigenvalue weighted by molar-refractivity contribution is 5.84. The molecule has 78 valence electrons. The Hall–Kier alpha value is -1.06. The molecule has 0 saturated heterocycles. The lowest BCUT2D eigenvalue weighted by Crippen LogP contribution is -2.31. The van der Waals surface area contributed by atoms with Crippen molar-refractivity contribution >= 4 is 11.7 Å². The summed E-state index contributed by atoms with van der Waals surface area (Å²) in [5.41, 5.74) is 0. The van der Waals surface area contributed by atoms with Gasteiger partial charge >= 0.3 is 0 Å². The fraction of sp³-hybridized carbons (Fsp3) is 0.800. The van der Waals surface area contributed by atoms with E-state index in [2.05, 4.69) is 15.6 Å². The number of nitrogens with zero attached hydrogens (tertiary/aromatic N) is 1. The number of aliphatic imine (C=N–C) groups is 1. The molecule has 0 radical (unpaired) electrons. The summed E-state index contributed by atoms with van der Waals surface area (Å²) in [6.07, 6.45) is 5.08. The summed E-state index contributed by atoms with van der Waals surface area (Å²) < 4.78 is 0. The molecule has 2 aliphatic rings. The predicted octanol–water partition coefficient (Wildman–Crippen LogP) is 0.437. The molecule has 0 atom stereocenters. The van der Waals surface area contributed by atoms with Gasteiger partial charge < -0.3 is 10.6 Å². The smallest absolute Gasteiger partial charge is 0.221 e. The number of hydrogen-bond acceptors (Lipinski definition) is 3. The fourth-order valence-corrected chi connectivity index (χ4v) is 1.53. The molecule has 4 nitrogen and oxygen atoms in total. The molecule has 2 N–H and O–H groups in total. The van der Waals surface area contributed by atoms with Crippen molar-refractivity contribution < 1.29 is 4.79 Å². The average Bonchev–Trinajstić information content (AvgIpc) is 2.82. The van der Waals surface area contributed by atoms with E-state index in [-0.39, 0.29) is 5.91 Å². The van der Waals surface area contributed by atoms with Crippen LogP contribution in [0.4, 0.5) is 0 Å². The van der Waals surface area contributed by atoms with Gasteiger partial charge in [-0.15, -0.1) is 0 Å². The number of amides is 1. The van der Waals surface area contributed by atoms with Crippen molar-refractivity contribution in [1.29, 1.82) is 0 Å². The lowest BCUT2D eigenvalue weighted by Gasteiger charge is -2.05. The SMILES string of the molecule is O=C(CCNC1=NCCC1)NC1CC1. The molecule has 1 fully saturated rings. The van der Waals surface area contributed by atoms with Crippen LogP contribution in [-0.2, 0) is 4.79 Å². The molecule has 1 aliphatic carbocycles. The quantitative estimate of drug-likeness (QED) is 0.683. The fourth-order valence-electron chi connectivity index (χ4n) is 1.53. The number of nitrogens with one attached hydrogen (secondary N) is 2. The Morgan fingerprint density at radius 1 is 1.50 bits per heavy atom. The number of hydrogen-bond donors (Lipinski definition) is 2. The van der Waals surface area contributed by atoms with E-state index in [1.165, 1.54) is 0 Å². The summed E-state index contributed by atoms with van der Waals surface area (Å²) in [4.78, 5) is 15.6. The zero-order valence-corrected chi connectivity index (χ0v) is 8.38. The first kappa shape index (κ1) is 9.49. The topological polar surface area (TPSA) is 53.5 Å². The molecule has 1 heterocycles. The Morgan fingerprint density at radius 3 is 3.00 bits per heavy atom. The standard InChI is InChI=1S/C10H17N3O/c14-10(13-8-3-4-8)5-7-12-9-2-1-6-11-9/h8H,1-7H2,(H,11,12)(H,13,14). The number of carbonyl (C=O) groups is 1. The van der Waals surface area contributed by atoms with Gasteiger partial charge in [0.1, 0.15) is 0 Å². The minimum absolute atomic E-state index is 0.165. The van der Waals surface area contributed by atoms with Gasteiger partial charge in [0, 0.05) is 32.0 Å². The average molecular weight is 195 g/mol. The second kappa shape index (κ2) is 4.44. The summed E-state index contributed by atoms with van der Waals surface area (Å²) in [5, 5.41) is 6.16. The third kappa shape index (κ3) is 3.01. The summed E-state index contributed by atoms with van der Waals surface area (Å²) >= 11 is 0. The van der Waals surface area contributed by atoms with E-state index in [1.807, 2.05) is 0 Å². The van der Waals surface area contributed by atoms with E-state index in [0.29, 0.717) is 12.5 Å². The molecule has 0 aromatic heterocycles. The molecule has 0 unspecified atom stereocenters. The van der Waals surface area contributed by atoms with Crippen LogP contribution in [0, 0.1) is 0 Å². The Bertz CT molecular complexity index is 246. The van der Waals surface area contributed by atoms with Crippen LogP contribution in [0.2, 0.25) is 0 Å². The third-order valence-corrected chi connectivity index (χ3v) is 2.50. The Kier molecular flexibility index (Phi) is 3.01. The van der Waals surface area contributed by atoms with Crippen LogP contribution >= 0.6 is 0 Å². The van der Waals surface area contributed by atoms with Gasteiger partial charge in [-0.3, -0.25) is 9.79 Å². The maximum atomic E-state index is 11.3. The largest absolute Gasteiger partial charge is 0.373 e. The van der Waals surface area contributed by atoms with Crippen LogP contribution < -0.4 is 10.6 Å². The highest BCUT2D eigenvalue weighted by atomic mass is 16.1. The minimum Gasteiger partial charge on any atom is -0.373 e. The van der Waals surface area contributed by atoms with Gasteiger partial charge in [-0.25, -0.2) is 0 Å². The summed E-state index contributed by atoms with van der Waals surface area (Å²) in [6.45, 7) is 1.66. The highest BCUT2D eigenvalue weighted by Gasteiger charge is 2.22. The van der Waals surface area contributed by atoms with Crippen LogP contribution in [0.15, 0.2) is 4.99 Å². The molecule has 0 aromatic rings. The molecule has 2 rings (SSSR count). The van der Waals surface area contributed by atoms with Crippen LogP contribution in [0.3, 0.4) is 0 Å². The monoisotopic (exact) mass is 195 g/mol. The zero-order chi connectivity index (χ0) is 9.80. The molecule has 0 bridgehead atoms. The second-order valence-corrected chi connectivity index (χ2v) is 3.95. The van der Waals surface area contributed by atoms with Crippen molar-refractivity contribution in [2.24, 2.45) is 4.99 Å². The molecule has 14 heavy (non-hydrogen) atoms. The van der Waals surface area contributed by atoms with E-state index in [9.17, 15) is 4.79 Å². The number of rotatable bonds is 4. The van der Waals surface area contributed by atoms with E-state index < -0.39 is 0 Å². The van der Waals surface area contributed by atoms with Gasteiger partial charge in [0.15, 0.2) is 0 Å². The van der Waals surface area contributed by atoms with Crippen LogP contribution in [0.25, 0.3) is 0 Å². The molecular weight excluding hydrogens is 178 g/mol. The van der Waals surface area contributed by atoms with Crippen molar-refractivity contribution in [2.75, 3.05) is 13.1 Å². The number of amidine groups is 1. The molecule has 1 aliphatic heterocycles. The highest BCUT2D eigenvalue weighted by Crippen LogP contribution is 2.18. The van der Waals surface area contributed by atoms with E-state index in [0.717, 1.165) is 44.6 Å². The molecular formula is C10H17N3O. The first-order valence-electron chi connectivity index (χ1n) is 5.41. The van der Waals surface area contributed by atoms with Crippen LogP contribution in [-0.4, -0.2) is 30.9 Å². The lowest BCUT2D eigenvalue weighted by molar-refractivity contribution is -0.121. The number of carbonyl (C=O) groups excluding carboxylic acids is 1. The zero-order valence-electron chi connectivity index (χ0n) is 8.38.